The number of ketones is 1. The monoisotopic (exact) mass is 275 g/mol. The zero-order valence-electron chi connectivity index (χ0n) is 12.5. The molecule has 0 amide bonds. The highest BCUT2D eigenvalue weighted by Gasteiger charge is 2.26. The maximum absolute atomic E-state index is 12.5. The molecule has 0 heterocycles. The van der Waals surface area contributed by atoms with E-state index >= 15 is 0 Å². The van der Waals surface area contributed by atoms with Crippen molar-refractivity contribution in [1.29, 1.82) is 0 Å². The smallest absolute Gasteiger partial charge is 0.166 e. The second kappa shape index (κ2) is 6.89. The molecule has 0 spiro atoms. The van der Waals surface area contributed by atoms with E-state index in [1.54, 1.807) is 0 Å². The molecule has 2 rings (SSSR count). The number of carbonyl (C=O) groups excluding carboxylic acids is 1. The van der Waals surface area contributed by atoms with Crippen LogP contribution in [0.2, 0.25) is 0 Å². The highest BCUT2D eigenvalue weighted by atomic mass is 16.5. The van der Waals surface area contributed by atoms with Gasteiger partial charge in [-0.15, -0.1) is 0 Å². The third-order valence-corrected chi connectivity index (χ3v) is 4.04. The van der Waals surface area contributed by atoms with Crippen LogP contribution < -0.4 is 10.5 Å². The lowest BCUT2D eigenvalue weighted by atomic mass is 9.78. The summed E-state index contributed by atoms with van der Waals surface area (Å²) in [6.45, 7) is 4.73. The molecule has 1 fully saturated rings. The van der Waals surface area contributed by atoms with E-state index in [9.17, 15) is 4.79 Å². The highest BCUT2D eigenvalue weighted by Crippen LogP contribution is 2.31. The van der Waals surface area contributed by atoms with Gasteiger partial charge in [0.2, 0.25) is 0 Å². The van der Waals surface area contributed by atoms with Crippen LogP contribution in [0.1, 0.15) is 49.9 Å². The lowest BCUT2D eigenvalue weighted by Gasteiger charge is -2.26. The quantitative estimate of drug-likeness (QED) is 0.838. The van der Waals surface area contributed by atoms with Gasteiger partial charge < -0.3 is 10.5 Å². The summed E-state index contributed by atoms with van der Waals surface area (Å²) in [6.07, 6.45) is 4.22. The predicted octanol–water partition coefficient (Wildman–Crippen LogP) is 3.42. The van der Waals surface area contributed by atoms with Gasteiger partial charge in [0.05, 0.1) is 6.10 Å². The Kier molecular flexibility index (Phi) is 5.18. The molecule has 0 aromatic heterocycles. The first-order valence-corrected chi connectivity index (χ1v) is 7.61. The minimum atomic E-state index is 0.125. The third-order valence-electron chi connectivity index (χ3n) is 4.04. The first-order valence-electron chi connectivity index (χ1n) is 7.61. The number of benzene rings is 1. The Morgan fingerprint density at radius 2 is 2.00 bits per heavy atom. The fourth-order valence-electron chi connectivity index (χ4n) is 2.89. The minimum Gasteiger partial charge on any atom is -0.491 e. The molecule has 0 saturated heterocycles. The first kappa shape index (κ1) is 15.0. The average Bonchev–Trinajstić information content (AvgIpc) is 2.46. The number of carbonyl (C=O) groups is 1. The van der Waals surface area contributed by atoms with Crippen LogP contribution in [-0.4, -0.2) is 18.4 Å². The largest absolute Gasteiger partial charge is 0.491 e. The van der Waals surface area contributed by atoms with E-state index in [0.29, 0.717) is 5.92 Å². The SMILES string of the molecule is CC(C)Oc1cccc(C(=O)C2CCC(CN)CC2)c1. The predicted molar refractivity (Wildman–Crippen MR) is 81.0 cm³/mol. The normalized spacial score (nSPS) is 22.8. The summed E-state index contributed by atoms with van der Waals surface area (Å²) in [7, 11) is 0. The zero-order valence-corrected chi connectivity index (χ0v) is 12.5. The summed E-state index contributed by atoms with van der Waals surface area (Å²) in [5.74, 6) is 1.80. The van der Waals surface area contributed by atoms with Crippen molar-refractivity contribution in [2.75, 3.05) is 6.54 Å². The van der Waals surface area contributed by atoms with Gasteiger partial charge in [-0.25, -0.2) is 0 Å². The van der Waals surface area contributed by atoms with Crippen molar-refractivity contribution >= 4 is 5.78 Å². The molecule has 1 aliphatic carbocycles. The lowest BCUT2D eigenvalue weighted by Crippen LogP contribution is -2.25. The van der Waals surface area contributed by atoms with Crippen LogP contribution in [0.25, 0.3) is 0 Å². The fraction of sp³-hybridized carbons (Fsp3) is 0.588. The standard InChI is InChI=1S/C17H25NO2/c1-12(2)20-16-5-3-4-15(10-16)17(19)14-8-6-13(11-18)7-9-14/h3-5,10,12-14H,6-9,11,18H2,1-2H3. The Morgan fingerprint density at radius 1 is 1.30 bits per heavy atom. The van der Waals surface area contributed by atoms with Crippen molar-refractivity contribution in [1.82, 2.24) is 0 Å². The lowest BCUT2D eigenvalue weighted by molar-refractivity contribution is 0.0873. The highest BCUT2D eigenvalue weighted by molar-refractivity contribution is 5.98. The van der Waals surface area contributed by atoms with Crippen molar-refractivity contribution in [2.45, 2.75) is 45.6 Å². The van der Waals surface area contributed by atoms with Gasteiger partial charge in [0.15, 0.2) is 5.78 Å². The first-order chi connectivity index (χ1) is 9.60. The van der Waals surface area contributed by atoms with Gasteiger partial charge in [0.25, 0.3) is 0 Å². The third kappa shape index (κ3) is 3.83. The molecular formula is C17H25NO2. The van der Waals surface area contributed by atoms with Gasteiger partial charge >= 0.3 is 0 Å². The van der Waals surface area contributed by atoms with Gasteiger partial charge in [-0.2, -0.15) is 0 Å². The topological polar surface area (TPSA) is 52.3 Å². The van der Waals surface area contributed by atoms with E-state index < -0.39 is 0 Å². The van der Waals surface area contributed by atoms with Crippen LogP contribution >= 0.6 is 0 Å². The summed E-state index contributed by atoms with van der Waals surface area (Å²) < 4.78 is 5.66. The molecule has 0 atom stereocenters. The molecule has 3 heteroatoms. The number of ether oxygens (including phenoxy) is 1. The van der Waals surface area contributed by atoms with Crippen molar-refractivity contribution in [3.05, 3.63) is 29.8 Å². The van der Waals surface area contributed by atoms with E-state index in [1.807, 2.05) is 38.1 Å². The molecule has 0 aliphatic heterocycles. The number of Topliss-reactive ketones (excluding diaryl/α,β-unsaturated/α-hetero) is 1. The summed E-state index contributed by atoms with van der Waals surface area (Å²) in [4.78, 5) is 12.5. The molecular weight excluding hydrogens is 250 g/mol. The number of hydrogen-bond acceptors (Lipinski definition) is 3. The maximum atomic E-state index is 12.5. The van der Waals surface area contributed by atoms with Crippen LogP contribution in [0.5, 0.6) is 5.75 Å². The van der Waals surface area contributed by atoms with E-state index in [0.717, 1.165) is 43.5 Å². The molecule has 20 heavy (non-hydrogen) atoms. The Hall–Kier alpha value is -1.35. The summed E-state index contributed by atoms with van der Waals surface area (Å²) in [5.41, 5.74) is 6.48. The fourth-order valence-corrected chi connectivity index (χ4v) is 2.89. The van der Waals surface area contributed by atoms with Crippen LogP contribution in [-0.2, 0) is 0 Å². The number of nitrogens with two attached hydrogens (primary N) is 1. The van der Waals surface area contributed by atoms with E-state index in [4.69, 9.17) is 10.5 Å². The molecule has 2 N–H and O–H groups in total. The summed E-state index contributed by atoms with van der Waals surface area (Å²) in [6, 6.07) is 7.57. The molecule has 1 saturated carbocycles. The molecule has 1 aliphatic rings. The van der Waals surface area contributed by atoms with E-state index in [1.165, 1.54) is 0 Å². The molecule has 1 aromatic carbocycles. The van der Waals surface area contributed by atoms with Gasteiger partial charge in [0, 0.05) is 11.5 Å². The van der Waals surface area contributed by atoms with Gasteiger partial charge in [-0.05, 0) is 64.1 Å². The van der Waals surface area contributed by atoms with Crippen LogP contribution in [0.15, 0.2) is 24.3 Å². The van der Waals surface area contributed by atoms with Crippen molar-refractivity contribution in [2.24, 2.45) is 17.6 Å². The Morgan fingerprint density at radius 3 is 2.60 bits per heavy atom. The summed E-state index contributed by atoms with van der Waals surface area (Å²) in [5, 5.41) is 0. The van der Waals surface area contributed by atoms with E-state index in [2.05, 4.69) is 0 Å². The Bertz CT molecular complexity index is 448. The molecule has 110 valence electrons. The van der Waals surface area contributed by atoms with Crippen molar-refractivity contribution in [3.8, 4) is 5.75 Å². The second-order valence-corrected chi connectivity index (χ2v) is 6.01. The van der Waals surface area contributed by atoms with Gasteiger partial charge in [0.1, 0.15) is 5.75 Å². The average molecular weight is 275 g/mol. The zero-order chi connectivity index (χ0) is 14.5. The van der Waals surface area contributed by atoms with Crippen molar-refractivity contribution in [3.63, 3.8) is 0 Å². The van der Waals surface area contributed by atoms with E-state index in [-0.39, 0.29) is 17.8 Å². The van der Waals surface area contributed by atoms with Crippen molar-refractivity contribution < 1.29 is 9.53 Å². The molecule has 0 unspecified atom stereocenters. The minimum absolute atomic E-state index is 0.125. The van der Waals surface area contributed by atoms with Crippen LogP contribution in [0.3, 0.4) is 0 Å². The number of rotatable bonds is 5. The Labute approximate surface area is 121 Å². The maximum Gasteiger partial charge on any atom is 0.166 e. The van der Waals surface area contributed by atoms with Gasteiger partial charge in [-0.3, -0.25) is 4.79 Å². The van der Waals surface area contributed by atoms with Gasteiger partial charge in [-0.1, -0.05) is 12.1 Å². The number of hydrogen-bond donors (Lipinski definition) is 1. The Balaban J connectivity index is 2.02. The molecule has 1 aromatic rings. The molecule has 0 bridgehead atoms. The molecule has 3 nitrogen and oxygen atoms in total. The molecule has 0 radical (unpaired) electrons. The summed E-state index contributed by atoms with van der Waals surface area (Å²) >= 11 is 0. The van der Waals surface area contributed by atoms with Crippen LogP contribution in [0, 0.1) is 11.8 Å². The van der Waals surface area contributed by atoms with Crippen LogP contribution in [0.4, 0.5) is 0 Å². The second-order valence-electron chi connectivity index (χ2n) is 6.01.